The van der Waals surface area contributed by atoms with Gasteiger partial charge in [0.2, 0.25) is 5.91 Å². The van der Waals surface area contributed by atoms with Crippen LogP contribution in [0.3, 0.4) is 0 Å². The normalized spacial score (nSPS) is 29.5. The Bertz CT molecular complexity index is 2450. The molecule has 5 aromatic carbocycles. The monoisotopic (exact) mass is 1080 g/mol. The number of nitrogens with zero attached hydrogens (tertiary/aromatic N) is 1. The van der Waals surface area contributed by atoms with Crippen molar-refractivity contribution < 1.29 is 67.9 Å². The maximum atomic E-state index is 13.3. The van der Waals surface area contributed by atoms with Gasteiger partial charge in [0.15, 0.2) is 12.6 Å². The quantitative estimate of drug-likeness (QED) is 0.0388. The van der Waals surface area contributed by atoms with E-state index in [-0.39, 0.29) is 38.3 Å². The lowest BCUT2D eigenvalue weighted by molar-refractivity contribution is -0.339. The van der Waals surface area contributed by atoms with Gasteiger partial charge in [-0.2, -0.15) is 0 Å². The van der Waals surface area contributed by atoms with Crippen LogP contribution in [0.25, 0.3) is 0 Å². The van der Waals surface area contributed by atoms with Crippen LogP contribution in [-0.4, -0.2) is 162 Å². The Morgan fingerprint density at radius 3 is 1.53 bits per heavy atom. The van der Waals surface area contributed by atoms with Crippen molar-refractivity contribution in [1.82, 2.24) is 15.5 Å². The number of piperidine rings is 1. The lowest BCUT2D eigenvalue weighted by Gasteiger charge is -2.52. The Morgan fingerprint density at radius 2 is 1.03 bits per heavy atom. The van der Waals surface area contributed by atoms with Crippen LogP contribution in [-0.2, 0) is 80.5 Å². The molecule has 6 N–H and O–H groups in total. The van der Waals surface area contributed by atoms with E-state index in [2.05, 4.69) is 22.5 Å². The van der Waals surface area contributed by atoms with Crippen molar-refractivity contribution in [2.75, 3.05) is 39.5 Å². The molecule has 5 aromatic rings. The third-order valence-corrected chi connectivity index (χ3v) is 14.6. The van der Waals surface area contributed by atoms with E-state index in [1.165, 1.54) is 6.92 Å². The van der Waals surface area contributed by atoms with Gasteiger partial charge < -0.3 is 73.7 Å². The fraction of sp³-hybridized carbons (Fsp3) is 0.492. The van der Waals surface area contributed by atoms with Crippen molar-refractivity contribution in [2.24, 2.45) is 0 Å². The summed E-state index contributed by atoms with van der Waals surface area (Å²) >= 11 is 0. The number of carbonyl (C=O) groups is 1. The molecule has 0 spiro atoms. The molecule has 0 unspecified atom stereocenters. The number of aliphatic hydroxyl groups excluding tert-OH is 4. The van der Waals surface area contributed by atoms with Gasteiger partial charge in [-0.15, -0.1) is 0 Å². The Kier molecular flexibility index (Phi) is 23.1. The minimum atomic E-state index is -1.73. The first-order valence-corrected chi connectivity index (χ1v) is 27.3. The van der Waals surface area contributed by atoms with Crippen LogP contribution in [0.4, 0.5) is 0 Å². The lowest BCUT2D eigenvalue weighted by atomic mass is 9.87. The molecule has 0 radical (unpaired) electrons. The molecule has 0 bridgehead atoms. The standard InChI is InChI=1S/C61H79N3O14/c1-4-32-72-60-52(63-42(3)66)51(58(50(77-60)40-71-35-44-22-12-6-13-23-44)78-61-55(69)54(68)53(67)49(33-65)76-61)62-30-31-64-41(2)56(73-36-45-24-14-7-15-25-45)59(75-38-47-28-18-9-19-29-47)57(74-37-46-26-16-8-17-27-46)48(64)39-70-34-43-20-10-5-11-21-43/h5-29,41,48-62,65,67-69H,4,30-40H2,1-3H3,(H,63,66)/t41-,48+,49+,50+,51+,52+,53-,54-,55+,56+,57+,58+,59+,60+,61-/m0/s1. The van der Waals surface area contributed by atoms with Crippen LogP contribution in [0.1, 0.15) is 55.0 Å². The molecule has 3 saturated heterocycles. The summed E-state index contributed by atoms with van der Waals surface area (Å²) in [6, 6.07) is 47.4. The van der Waals surface area contributed by atoms with E-state index in [1.807, 2.05) is 159 Å². The van der Waals surface area contributed by atoms with E-state index in [1.54, 1.807) is 0 Å². The molecule has 0 aromatic heterocycles. The first-order valence-electron chi connectivity index (χ1n) is 27.3. The summed E-state index contributed by atoms with van der Waals surface area (Å²) in [7, 11) is 0. The number of aliphatic hydroxyl groups is 4. The van der Waals surface area contributed by atoms with Gasteiger partial charge in [-0.25, -0.2) is 0 Å². The summed E-state index contributed by atoms with van der Waals surface area (Å²) in [4.78, 5) is 15.6. The predicted octanol–water partition coefficient (Wildman–Crippen LogP) is 5.05. The first kappa shape index (κ1) is 59.1. The highest BCUT2D eigenvalue weighted by Crippen LogP contribution is 2.35. The van der Waals surface area contributed by atoms with Crippen LogP contribution in [0, 0.1) is 0 Å². The lowest BCUT2D eigenvalue weighted by Crippen LogP contribution is -2.72. The van der Waals surface area contributed by atoms with Gasteiger partial charge >= 0.3 is 0 Å². The maximum Gasteiger partial charge on any atom is 0.217 e. The van der Waals surface area contributed by atoms with Crippen molar-refractivity contribution in [2.45, 2.75) is 152 Å². The fourth-order valence-electron chi connectivity index (χ4n) is 10.5. The molecular weight excluding hydrogens is 999 g/mol. The Labute approximate surface area is 458 Å². The van der Waals surface area contributed by atoms with Crippen molar-refractivity contribution in [3.63, 3.8) is 0 Å². The van der Waals surface area contributed by atoms with Crippen molar-refractivity contribution >= 4 is 5.91 Å². The summed E-state index contributed by atoms with van der Waals surface area (Å²) in [5.41, 5.74) is 4.95. The van der Waals surface area contributed by atoms with Crippen LogP contribution in [0.5, 0.6) is 0 Å². The maximum absolute atomic E-state index is 13.3. The second-order valence-electron chi connectivity index (χ2n) is 20.2. The molecule has 0 aliphatic carbocycles. The molecular formula is C61H79N3O14. The Morgan fingerprint density at radius 1 is 0.551 bits per heavy atom. The van der Waals surface area contributed by atoms with E-state index in [9.17, 15) is 25.2 Å². The Balaban J connectivity index is 1.15. The van der Waals surface area contributed by atoms with Crippen LogP contribution in [0.15, 0.2) is 152 Å². The highest BCUT2D eigenvalue weighted by atomic mass is 16.7. The molecule has 15 atom stereocenters. The number of hydrogen-bond acceptors (Lipinski definition) is 16. The van der Waals surface area contributed by atoms with Gasteiger partial charge in [0.1, 0.15) is 54.9 Å². The molecule has 0 saturated carbocycles. The van der Waals surface area contributed by atoms with E-state index < -0.39 is 92.2 Å². The van der Waals surface area contributed by atoms with Crippen molar-refractivity contribution in [3.8, 4) is 0 Å². The molecule has 17 nitrogen and oxygen atoms in total. The van der Waals surface area contributed by atoms with Crippen LogP contribution >= 0.6 is 0 Å². The molecule has 17 heteroatoms. The number of rotatable bonds is 28. The van der Waals surface area contributed by atoms with Crippen LogP contribution in [0.2, 0.25) is 0 Å². The molecule has 3 aliphatic heterocycles. The summed E-state index contributed by atoms with van der Waals surface area (Å²) in [5.74, 6) is -0.357. The molecule has 422 valence electrons. The zero-order valence-corrected chi connectivity index (χ0v) is 44.9. The molecule has 8 rings (SSSR count). The van der Waals surface area contributed by atoms with Crippen LogP contribution < -0.4 is 10.6 Å². The summed E-state index contributed by atoms with van der Waals surface area (Å²) in [5, 5.41) is 50.2. The average Bonchev–Trinajstić information content (AvgIpc) is 3.66. The second kappa shape index (κ2) is 30.5. The molecule has 78 heavy (non-hydrogen) atoms. The average molecular weight is 1080 g/mol. The highest BCUT2D eigenvalue weighted by molar-refractivity contribution is 5.73. The van der Waals surface area contributed by atoms with Gasteiger partial charge in [-0.3, -0.25) is 9.69 Å². The summed E-state index contributed by atoms with van der Waals surface area (Å²) in [6.45, 7) is 7.59. The minimum absolute atomic E-state index is 0.0246. The number of benzene rings is 5. The summed E-state index contributed by atoms with van der Waals surface area (Å²) < 4.78 is 60.0. The highest BCUT2D eigenvalue weighted by Gasteiger charge is 2.53. The molecule has 3 aliphatic rings. The largest absolute Gasteiger partial charge is 0.394 e. The van der Waals surface area contributed by atoms with Gasteiger partial charge in [-0.05, 0) is 41.2 Å². The number of carbonyl (C=O) groups excluding carboxylic acids is 1. The predicted molar refractivity (Wildman–Crippen MR) is 290 cm³/mol. The van der Waals surface area contributed by atoms with E-state index in [0.717, 1.165) is 27.8 Å². The Hall–Kier alpha value is -5.03. The number of likely N-dealkylation sites (tertiary alicyclic amines) is 1. The SMILES string of the molecule is CCCO[C@@H]1O[C@H](COCc2ccccc2)[C@@H](O[C@@H]2O[C@H](CO)[C@H](O)[C@H](O)[C@H]2O)[C@H](NCCN2[C@H](COCc3ccccc3)[C@@H](OCc3ccccc3)[C@H](OCc3ccccc3)[C@H](OCc3ccccc3)[C@@H]2C)[C@H]1NC(C)=O. The van der Waals surface area contributed by atoms with Crippen molar-refractivity contribution in [1.29, 1.82) is 0 Å². The minimum Gasteiger partial charge on any atom is -0.394 e. The first-order chi connectivity index (χ1) is 38.1. The van der Waals surface area contributed by atoms with E-state index in [4.69, 9.17) is 42.6 Å². The topological polar surface area (TPSA) is 208 Å². The number of hydrogen-bond donors (Lipinski definition) is 6. The van der Waals surface area contributed by atoms with Gasteiger partial charge in [0, 0.05) is 32.7 Å². The second-order valence-corrected chi connectivity index (χ2v) is 20.2. The molecule has 1 amide bonds. The van der Waals surface area contributed by atoms with Gasteiger partial charge in [0.25, 0.3) is 0 Å². The third kappa shape index (κ3) is 16.3. The number of amides is 1. The van der Waals surface area contributed by atoms with Gasteiger partial charge in [-0.1, -0.05) is 159 Å². The van der Waals surface area contributed by atoms with E-state index in [0.29, 0.717) is 46.0 Å². The molecule has 3 fully saturated rings. The fourth-order valence-corrected chi connectivity index (χ4v) is 10.5. The summed E-state index contributed by atoms with van der Waals surface area (Å²) in [6.07, 6.45) is -11.8. The zero-order chi connectivity index (χ0) is 54.6. The van der Waals surface area contributed by atoms with Gasteiger partial charge in [0.05, 0.1) is 71.0 Å². The zero-order valence-electron chi connectivity index (χ0n) is 44.9. The van der Waals surface area contributed by atoms with E-state index >= 15 is 0 Å². The number of nitrogens with one attached hydrogen (secondary N) is 2. The van der Waals surface area contributed by atoms with Crippen molar-refractivity contribution in [3.05, 3.63) is 179 Å². The third-order valence-electron chi connectivity index (χ3n) is 14.6. The molecule has 3 heterocycles. The number of ether oxygens (including phenoxy) is 9. The smallest absolute Gasteiger partial charge is 0.217 e.